The molecule has 0 aliphatic heterocycles. The van der Waals surface area contributed by atoms with Crippen LogP contribution in [0.3, 0.4) is 0 Å². The first kappa shape index (κ1) is 16.6. The van der Waals surface area contributed by atoms with Gasteiger partial charge in [0.2, 0.25) is 0 Å². The van der Waals surface area contributed by atoms with Gasteiger partial charge in [0.1, 0.15) is 12.1 Å². The van der Waals surface area contributed by atoms with Crippen molar-refractivity contribution in [3.05, 3.63) is 64.4 Å². The summed E-state index contributed by atoms with van der Waals surface area (Å²) >= 11 is 12.1. The van der Waals surface area contributed by atoms with Gasteiger partial charge in [-0.25, -0.2) is 9.97 Å². The van der Waals surface area contributed by atoms with E-state index in [2.05, 4.69) is 26.7 Å². The lowest BCUT2D eigenvalue weighted by atomic mass is 9.86. The molecule has 1 aliphatic carbocycles. The molecule has 0 radical (unpaired) electrons. The molecule has 4 nitrogen and oxygen atoms in total. The Bertz CT molecular complexity index is 893. The Kier molecular flexibility index (Phi) is 4.75. The third kappa shape index (κ3) is 3.87. The maximum absolute atomic E-state index is 6.11. The van der Waals surface area contributed by atoms with E-state index in [0.29, 0.717) is 17.1 Å². The topological polar surface area (TPSA) is 49.8 Å². The van der Waals surface area contributed by atoms with Crippen LogP contribution in [0.15, 0.2) is 48.8 Å². The van der Waals surface area contributed by atoms with E-state index < -0.39 is 0 Å². The summed E-state index contributed by atoms with van der Waals surface area (Å²) in [5.41, 5.74) is 2.11. The van der Waals surface area contributed by atoms with E-state index in [1.807, 2.05) is 36.4 Å². The van der Waals surface area contributed by atoms with Gasteiger partial charge in [-0.1, -0.05) is 35.3 Å². The maximum atomic E-state index is 6.11. The zero-order valence-electron chi connectivity index (χ0n) is 13.5. The van der Waals surface area contributed by atoms with Crippen LogP contribution in [0, 0.1) is 0 Å². The van der Waals surface area contributed by atoms with E-state index in [1.54, 1.807) is 6.33 Å². The van der Waals surface area contributed by atoms with Crippen molar-refractivity contribution in [1.82, 2.24) is 15.3 Å². The van der Waals surface area contributed by atoms with Crippen LogP contribution in [-0.2, 0) is 6.54 Å². The number of fused-ring (bicyclic) bond motifs is 1. The van der Waals surface area contributed by atoms with Crippen LogP contribution >= 0.6 is 23.2 Å². The fraction of sp³-hybridized carbons (Fsp3) is 0.263. The van der Waals surface area contributed by atoms with Crippen LogP contribution < -0.4 is 10.6 Å². The zero-order chi connectivity index (χ0) is 17.2. The van der Waals surface area contributed by atoms with Crippen molar-refractivity contribution in [3.63, 3.8) is 0 Å². The highest BCUT2D eigenvalue weighted by Crippen LogP contribution is 2.28. The summed E-state index contributed by atoms with van der Waals surface area (Å²) in [6, 6.07) is 14.6. The number of aromatic nitrogens is 2. The SMILES string of the molecule is Clc1cccc(CN[C@H]2C[C@H](Nc3ncnc4ccc(Cl)cc34)C2)c1. The number of halogens is 2. The van der Waals surface area contributed by atoms with Gasteiger partial charge in [-0.05, 0) is 48.7 Å². The number of nitrogens with one attached hydrogen (secondary N) is 2. The number of rotatable bonds is 5. The third-order valence-electron chi connectivity index (χ3n) is 4.56. The molecule has 2 aromatic carbocycles. The molecule has 6 heteroatoms. The minimum atomic E-state index is 0.411. The Labute approximate surface area is 156 Å². The predicted octanol–water partition coefficient (Wildman–Crippen LogP) is 4.67. The fourth-order valence-electron chi connectivity index (χ4n) is 3.15. The van der Waals surface area contributed by atoms with Gasteiger partial charge in [0, 0.05) is 34.1 Å². The van der Waals surface area contributed by atoms with Crippen LogP contribution in [0.2, 0.25) is 10.0 Å². The molecule has 0 unspecified atom stereocenters. The predicted molar refractivity (Wildman–Crippen MR) is 103 cm³/mol. The van der Waals surface area contributed by atoms with E-state index in [0.717, 1.165) is 41.1 Å². The molecule has 128 valence electrons. The number of nitrogens with zero attached hydrogens (tertiary/aromatic N) is 2. The Morgan fingerprint density at radius 1 is 0.960 bits per heavy atom. The van der Waals surface area contributed by atoms with Crippen LogP contribution in [0.25, 0.3) is 10.9 Å². The summed E-state index contributed by atoms with van der Waals surface area (Å²) < 4.78 is 0. The quantitative estimate of drug-likeness (QED) is 0.683. The number of anilines is 1. The van der Waals surface area contributed by atoms with E-state index in [9.17, 15) is 0 Å². The first-order valence-corrected chi connectivity index (χ1v) is 9.07. The maximum Gasteiger partial charge on any atom is 0.137 e. The Hall–Kier alpha value is -1.88. The van der Waals surface area contributed by atoms with E-state index in [4.69, 9.17) is 23.2 Å². The molecule has 0 spiro atoms. The molecule has 1 fully saturated rings. The second-order valence-electron chi connectivity index (χ2n) is 6.40. The van der Waals surface area contributed by atoms with E-state index in [1.165, 1.54) is 5.56 Å². The molecule has 0 amide bonds. The van der Waals surface area contributed by atoms with Crippen molar-refractivity contribution in [2.75, 3.05) is 5.32 Å². The molecule has 1 aliphatic rings. The van der Waals surface area contributed by atoms with Gasteiger partial charge in [-0.2, -0.15) is 0 Å². The molecule has 1 heterocycles. The van der Waals surface area contributed by atoms with Gasteiger partial charge in [0.25, 0.3) is 0 Å². The van der Waals surface area contributed by atoms with Gasteiger partial charge in [0.05, 0.1) is 5.52 Å². The van der Waals surface area contributed by atoms with Crippen LogP contribution in [-0.4, -0.2) is 22.1 Å². The highest BCUT2D eigenvalue weighted by atomic mass is 35.5. The minimum Gasteiger partial charge on any atom is -0.367 e. The molecule has 0 bridgehead atoms. The smallest absolute Gasteiger partial charge is 0.137 e. The summed E-state index contributed by atoms with van der Waals surface area (Å²) in [5.74, 6) is 0.853. The first-order chi connectivity index (χ1) is 12.2. The average Bonchev–Trinajstić information content (AvgIpc) is 2.57. The second-order valence-corrected chi connectivity index (χ2v) is 7.28. The van der Waals surface area contributed by atoms with E-state index in [-0.39, 0.29) is 0 Å². The van der Waals surface area contributed by atoms with Gasteiger partial charge in [-0.3, -0.25) is 0 Å². The minimum absolute atomic E-state index is 0.411. The normalized spacial score (nSPS) is 19.6. The Morgan fingerprint density at radius 3 is 2.64 bits per heavy atom. The molecule has 1 aromatic heterocycles. The Morgan fingerprint density at radius 2 is 1.80 bits per heavy atom. The fourth-order valence-corrected chi connectivity index (χ4v) is 3.53. The summed E-state index contributed by atoms with van der Waals surface area (Å²) in [7, 11) is 0. The average molecular weight is 373 g/mol. The molecular formula is C19H18Cl2N4. The zero-order valence-corrected chi connectivity index (χ0v) is 15.1. The van der Waals surface area contributed by atoms with Gasteiger partial charge >= 0.3 is 0 Å². The van der Waals surface area contributed by atoms with Crippen molar-refractivity contribution in [2.45, 2.75) is 31.5 Å². The Balaban J connectivity index is 1.33. The largest absolute Gasteiger partial charge is 0.367 e. The molecule has 0 atom stereocenters. The molecule has 3 aromatic rings. The van der Waals surface area contributed by atoms with Crippen molar-refractivity contribution >= 4 is 39.9 Å². The van der Waals surface area contributed by atoms with Crippen LogP contribution in [0.4, 0.5) is 5.82 Å². The lowest BCUT2D eigenvalue weighted by Crippen LogP contribution is -2.47. The molecule has 25 heavy (non-hydrogen) atoms. The molecule has 4 rings (SSSR count). The molecule has 2 N–H and O–H groups in total. The standard InChI is InChI=1S/C19H18Cl2N4/c20-13-3-1-2-12(6-13)10-22-15-8-16(9-15)25-19-17-7-14(21)4-5-18(17)23-11-24-19/h1-7,11,15-16,22H,8-10H2,(H,23,24,25)/t15-,16-. The third-order valence-corrected chi connectivity index (χ3v) is 5.03. The summed E-state index contributed by atoms with van der Waals surface area (Å²) in [6.07, 6.45) is 3.71. The van der Waals surface area contributed by atoms with Crippen molar-refractivity contribution in [1.29, 1.82) is 0 Å². The van der Waals surface area contributed by atoms with Gasteiger partial charge in [0.15, 0.2) is 0 Å². The number of hydrogen-bond acceptors (Lipinski definition) is 4. The summed E-state index contributed by atoms with van der Waals surface area (Å²) in [4.78, 5) is 8.67. The first-order valence-electron chi connectivity index (χ1n) is 8.32. The lowest BCUT2D eigenvalue weighted by Gasteiger charge is -2.37. The second kappa shape index (κ2) is 7.16. The van der Waals surface area contributed by atoms with Crippen molar-refractivity contribution in [3.8, 4) is 0 Å². The molecule has 0 saturated heterocycles. The van der Waals surface area contributed by atoms with Gasteiger partial charge < -0.3 is 10.6 Å². The highest BCUT2D eigenvalue weighted by molar-refractivity contribution is 6.31. The highest BCUT2D eigenvalue weighted by Gasteiger charge is 2.29. The van der Waals surface area contributed by atoms with Gasteiger partial charge in [-0.15, -0.1) is 0 Å². The number of benzene rings is 2. The summed E-state index contributed by atoms with van der Waals surface area (Å²) in [6.45, 7) is 0.837. The molecule has 1 saturated carbocycles. The van der Waals surface area contributed by atoms with Crippen molar-refractivity contribution in [2.24, 2.45) is 0 Å². The monoisotopic (exact) mass is 372 g/mol. The molecular weight excluding hydrogens is 355 g/mol. The van der Waals surface area contributed by atoms with Crippen LogP contribution in [0.5, 0.6) is 0 Å². The number of hydrogen-bond donors (Lipinski definition) is 2. The lowest BCUT2D eigenvalue weighted by molar-refractivity contribution is 0.307. The summed E-state index contributed by atoms with van der Waals surface area (Å²) in [5, 5.41) is 9.52. The van der Waals surface area contributed by atoms with Crippen molar-refractivity contribution < 1.29 is 0 Å². The van der Waals surface area contributed by atoms with Crippen LogP contribution in [0.1, 0.15) is 18.4 Å². The van der Waals surface area contributed by atoms with E-state index >= 15 is 0 Å².